The summed E-state index contributed by atoms with van der Waals surface area (Å²) in [5, 5.41) is 14.3. The summed E-state index contributed by atoms with van der Waals surface area (Å²) in [6.45, 7) is 5.10. The van der Waals surface area contributed by atoms with Crippen LogP contribution >= 0.6 is 12.2 Å². The summed E-state index contributed by atoms with van der Waals surface area (Å²) in [5.41, 5.74) is 2.15. The van der Waals surface area contributed by atoms with Crippen molar-refractivity contribution in [3.05, 3.63) is 53.1 Å². The molecule has 136 valence electrons. The molecule has 0 aliphatic rings. The van der Waals surface area contributed by atoms with Crippen LogP contribution in [0.25, 0.3) is 11.4 Å². The van der Waals surface area contributed by atoms with E-state index in [0.717, 1.165) is 11.4 Å². The molecule has 0 spiro atoms. The maximum atomic E-state index is 12.3. The van der Waals surface area contributed by atoms with E-state index >= 15 is 0 Å². The number of aromatic amines is 1. The Bertz CT molecular complexity index is 910. The fraction of sp³-hybridized carbons (Fsp3) is 0.333. The number of aromatic nitrogens is 5. The van der Waals surface area contributed by atoms with E-state index in [1.807, 2.05) is 54.9 Å². The molecule has 7 nitrogen and oxygen atoms in total. The number of carbonyl (C=O) groups is 1. The van der Waals surface area contributed by atoms with Gasteiger partial charge in [0.1, 0.15) is 0 Å². The third-order valence-electron chi connectivity index (χ3n) is 4.06. The molecule has 2 heterocycles. The van der Waals surface area contributed by atoms with E-state index in [1.165, 1.54) is 5.56 Å². The molecule has 1 amide bonds. The van der Waals surface area contributed by atoms with Gasteiger partial charge in [-0.1, -0.05) is 29.8 Å². The van der Waals surface area contributed by atoms with Gasteiger partial charge in [0.05, 0.1) is 6.54 Å². The zero-order chi connectivity index (χ0) is 18.5. The molecule has 1 aromatic carbocycles. The summed E-state index contributed by atoms with van der Waals surface area (Å²) in [6, 6.07) is 9.92. The number of rotatable bonds is 7. The summed E-state index contributed by atoms with van der Waals surface area (Å²) < 4.78 is 4.17. The number of nitrogens with zero attached hydrogens (tertiary/aromatic N) is 4. The average Bonchev–Trinajstić information content (AvgIpc) is 3.23. The van der Waals surface area contributed by atoms with Gasteiger partial charge in [-0.3, -0.25) is 19.1 Å². The molecule has 0 aliphatic heterocycles. The van der Waals surface area contributed by atoms with Crippen LogP contribution in [0, 0.1) is 11.7 Å². The first-order chi connectivity index (χ1) is 12.5. The minimum atomic E-state index is -0.0254. The van der Waals surface area contributed by atoms with Crippen molar-refractivity contribution in [1.82, 2.24) is 29.9 Å². The second kappa shape index (κ2) is 8.09. The highest BCUT2D eigenvalue weighted by Crippen LogP contribution is 2.18. The first kappa shape index (κ1) is 18.1. The van der Waals surface area contributed by atoms with E-state index in [1.54, 1.807) is 10.9 Å². The fourth-order valence-electron chi connectivity index (χ4n) is 2.74. The lowest BCUT2D eigenvalue weighted by Gasteiger charge is -2.14. The van der Waals surface area contributed by atoms with Crippen LogP contribution in [-0.4, -0.2) is 36.5 Å². The van der Waals surface area contributed by atoms with Gasteiger partial charge in [0.25, 0.3) is 0 Å². The van der Waals surface area contributed by atoms with Crippen molar-refractivity contribution in [2.24, 2.45) is 0 Å². The Morgan fingerprint density at radius 3 is 2.81 bits per heavy atom. The van der Waals surface area contributed by atoms with E-state index in [9.17, 15) is 4.79 Å². The monoisotopic (exact) mass is 370 g/mol. The number of nitrogens with one attached hydrogen (secondary N) is 2. The standard InChI is InChI=1S/C18H22N6OS/c1-13-4-6-15(7-5-13)17-21-22-18(26)24(17)11-8-16(25)20-14(2)12-23-10-3-9-19-23/h3-7,9-10,14H,8,11-12H2,1-2H3,(H,20,25)(H,22,26)/t14-/m1/s1. The average molecular weight is 370 g/mol. The molecule has 2 N–H and O–H groups in total. The molecule has 0 bridgehead atoms. The Labute approximate surface area is 157 Å². The Morgan fingerprint density at radius 2 is 2.12 bits per heavy atom. The molecule has 8 heteroatoms. The molecule has 0 aliphatic carbocycles. The van der Waals surface area contributed by atoms with Gasteiger partial charge in [-0.25, -0.2) is 0 Å². The van der Waals surface area contributed by atoms with Crippen LogP contribution in [0.3, 0.4) is 0 Å². The molecule has 0 unspecified atom stereocenters. The number of benzene rings is 1. The van der Waals surface area contributed by atoms with Gasteiger partial charge in [0.2, 0.25) is 5.91 Å². The van der Waals surface area contributed by atoms with Crippen molar-refractivity contribution in [3.8, 4) is 11.4 Å². The van der Waals surface area contributed by atoms with Gasteiger partial charge >= 0.3 is 0 Å². The Balaban J connectivity index is 1.61. The van der Waals surface area contributed by atoms with Crippen molar-refractivity contribution in [2.75, 3.05) is 0 Å². The Hall–Kier alpha value is -2.74. The van der Waals surface area contributed by atoms with Crippen LogP contribution in [0.2, 0.25) is 0 Å². The first-order valence-electron chi connectivity index (χ1n) is 8.52. The summed E-state index contributed by atoms with van der Waals surface area (Å²) in [5.74, 6) is 0.718. The highest BCUT2D eigenvalue weighted by Gasteiger charge is 2.12. The van der Waals surface area contributed by atoms with Gasteiger partial charge in [-0.15, -0.1) is 0 Å². The minimum Gasteiger partial charge on any atom is -0.352 e. The summed E-state index contributed by atoms with van der Waals surface area (Å²) in [6.07, 6.45) is 3.93. The number of H-pyrrole nitrogens is 1. The van der Waals surface area contributed by atoms with Crippen molar-refractivity contribution in [1.29, 1.82) is 0 Å². The number of amides is 1. The number of hydrogen-bond acceptors (Lipinski definition) is 4. The van der Waals surface area contributed by atoms with Crippen LogP contribution in [-0.2, 0) is 17.9 Å². The third kappa shape index (κ3) is 4.45. The topological polar surface area (TPSA) is 80.5 Å². The van der Waals surface area contributed by atoms with Crippen molar-refractivity contribution in [3.63, 3.8) is 0 Å². The minimum absolute atomic E-state index is 0.00343. The molecule has 0 fully saturated rings. The fourth-order valence-corrected chi connectivity index (χ4v) is 2.97. The van der Waals surface area contributed by atoms with Crippen LogP contribution in [0.15, 0.2) is 42.7 Å². The van der Waals surface area contributed by atoms with Gasteiger partial charge < -0.3 is 5.32 Å². The predicted molar refractivity (Wildman–Crippen MR) is 102 cm³/mol. The lowest BCUT2D eigenvalue weighted by molar-refractivity contribution is -0.122. The molecule has 26 heavy (non-hydrogen) atoms. The van der Waals surface area contributed by atoms with Gasteiger partial charge in [0.15, 0.2) is 10.6 Å². The van der Waals surface area contributed by atoms with E-state index in [4.69, 9.17) is 12.2 Å². The smallest absolute Gasteiger partial charge is 0.222 e. The summed E-state index contributed by atoms with van der Waals surface area (Å²) >= 11 is 5.32. The van der Waals surface area contributed by atoms with E-state index in [2.05, 4.69) is 20.6 Å². The van der Waals surface area contributed by atoms with Crippen LogP contribution in [0.1, 0.15) is 18.9 Å². The molecule has 1 atom stereocenters. The molecule has 0 radical (unpaired) electrons. The predicted octanol–water partition coefficient (Wildman–Crippen LogP) is 2.71. The Morgan fingerprint density at radius 1 is 1.35 bits per heavy atom. The SMILES string of the molecule is Cc1ccc(-c2n[nH]c(=S)n2CCC(=O)N[C@H](C)Cn2cccn2)cc1. The van der Waals surface area contributed by atoms with Crippen LogP contribution in [0.5, 0.6) is 0 Å². The van der Waals surface area contributed by atoms with Crippen molar-refractivity contribution in [2.45, 2.75) is 39.4 Å². The molecule has 2 aromatic heterocycles. The molecule has 0 saturated carbocycles. The first-order valence-corrected chi connectivity index (χ1v) is 8.93. The quantitative estimate of drug-likeness (QED) is 0.627. The van der Waals surface area contributed by atoms with Crippen molar-refractivity contribution < 1.29 is 4.79 Å². The normalized spacial score (nSPS) is 12.1. The zero-order valence-electron chi connectivity index (χ0n) is 14.8. The van der Waals surface area contributed by atoms with Crippen LogP contribution < -0.4 is 5.32 Å². The molecule has 3 aromatic rings. The molecule has 0 saturated heterocycles. The summed E-state index contributed by atoms with van der Waals surface area (Å²) in [7, 11) is 0. The number of hydrogen-bond donors (Lipinski definition) is 2. The molecular weight excluding hydrogens is 348 g/mol. The molecular formula is C18H22N6OS. The maximum absolute atomic E-state index is 12.3. The van der Waals surface area contributed by atoms with Gasteiger partial charge in [-0.05, 0) is 32.1 Å². The highest BCUT2D eigenvalue weighted by atomic mass is 32.1. The zero-order valence-corrected chi connectivity index (χ0v) is 15.7. The largest absolute Gasteiger partial charge is 0.352 e. The second-order valence-electron chi connectivity index (χ2n) is 6.32. The number of aryl methyl sites for hydroxylation is 1. The van der Waals surface area contributed by atoms with Crippen molar-refractivity contribution >= 4 is 18.1 Å². The number of carbonyl (C=O) groups excluding carboxylic acids is 1. The Kier molecular flexibility index (Phi) is 5.62. The third-order valence-corrected chi connectivity index (χ3v) is 4.37. The highest BCUT2D eigenvalue weighted by molar-refractivity contribution is 7.71. The van der Waals surface area contributed by atoms with E-state index < -0.39 is 0 Å². The van der Waals surface area contributed by atoms with Gasteiger partial charge in [0, 0.05) is 37.0 Å². The van der Waals surface area contributed by atoms with E-state index in [-0.39, 0.29) is 11.9 Å². The van der Waals surface area contributed by atoms with Gasteiger partial charge in [-0.2, -0.15) is 10.2 Å². The lowest BCUT2D eigenvalue weighted by Crippen LogP contribution is -2.36. The summed E-state index contributed by atoms with van der Waals surface area (Å²) in [4.78, 5) is 12.3. The molecule has 3 rings (SSSR count). The maximum Gasteiger partial charge on any atom is 0.222 e. The van der Waals surface area contributed by atoms with Crippen LogP contribution in [0.4, 0.5) is 0 Å². The lowest BCUT2D eigenvalue weighted by atomic mass is 10.1. The van der Waals surface area contributed by atoms with E-state index in [0.29, 0.717) is 24.3 Å². The second-order valence-corrected chi connectivity index (χ2v) is 6.70.